The van der Waals surface area contributed by atoms with E-state index in [1.807, 2.05) is 0 Å². The molecular weight excluding hydrogens is 343 g/mol. The number of halogens is 2. The molecule has 1 aliphatic rings. The summed E-state index contributed by atoms with van der Waals surface area (Å²) in [6.07, 6.45) is 1.74. The van der Waals surface area contributed by atoms with E-state index in [2.05, 4.69) is 26.6 Å². The topological polar surface area (TPSA) is 78.4 Å². The van der Waals surface area contributed by atoms with Gasteiger partial charge in [0.15, 0.2) is 0 Å². The van der Waals surface area contributed by atoms with E-state index in [9.17, 15) is 14.0 Å². The van der Waals surface area contributed by atoms with Gasteiger partial charge in [-0.25, -0.2) is 9.18 Å². The third-order valence-electron chi connectivity index (χ3n) is 3.42. The Morgan fingerprint density at radius 1 is 1.48 bits per heavy atom. The Hall–Kier alpha value is -1.63. The molecule has 21 heavy (non-hydrogen) atoms. The summed E-state index contributed by atoms with van der Waals surface area (Å²) in [5.41, 5.74) is 1.07. The Morgan fingerprint density at radius 3 is 2.71 bits per heavy atom. The van der Waals surface area contributed by atoms with Crippen LogP contribution in [0.3, 0.4) is 0 Å². The van der Waals surface area contributed by atoms with E-state index >= 15 is 0 Å². The number of carboxylic acid groups (broad SMARTS) is 1. The molecule has 1 unspecified atom stereocenters. The first-order valence-corrected chi connectivity index (χ1v) is 7.41. The smallest absolute Gasteiger partial charge is 0.319 e. The molecular formula is C14H16BrFN2O3. The Labute approximate surface area is 130 Å². The van der Waals surface area contributed by atoms with Gasteiger partial charge in [-0.05, 0) is 59.3 Å². The zero-order chi connectivity index (χ0) is 15.6. The molecule has 0 aliphatic heterocycles. The number of carbonyl (C=O) groups excluding carboxylic acids is 1. The van der Waals surface area contributed by atoms with Crippen LogP contribution in [0.15, 0.2) is 16.6 Å². The maximum absolute atomic E-state index is 13.5. The fourth-order valence-corrected chi connectivity index (χ4v) is 2.59. The number of nitrogens with one attached hydrogen (secondary N) is 2. The predicted octanol–water partition coefficient (Wildman–Crippen LogP) is 3.27. The number of carbonyl (C=O) groups is 2. The highest BCUT2D eigenvalue weighted by molar-refractivity contribution is 9.10. The van der Waals surface area contributed by atoms with Crippen molar-refractivity contribution >= 4 is 33.6 Å². The maximum atomic E-state index is 13.5. The Balaban J connectivity index is 2.00. The molecule has 7 heteroatoms. The van der Waals surface area contributed by atoms with Gasteiger partial charge in [-0.1, -0.05) is 0 Å². The van der Waals surface area contributed by atoms with Crippen molar-refractivity contribution in [3.8, 4) is 0 Å². The predicted molar refractivity (Wildman–Crippen MR) is 79.8 cm³/mol. The third-order valence-corrected chi connectivity index (χ3v) is 4.03. The summed E-state index contributed by atoms with van der Waals surface area (Å²) in [4.78, 5) is 22.7. The van der Waals surface area contributed by atoms with Crippen molar-refractivity contribution in [1.82, 2.24) is 5.32 Å². The first kappa shape index (κ1) is 15.8. The molecule has 0 radical (unpaired) electrons. The van der Waals surface area contributed by atoms with Crippen molar-refractivity contribution in [3.05, 3.63) is 28.0 Å². The lowest BCUT2D eigenvalue weighted by Gasteiger charge is -2.17. The number of anilines is 1. The van der Waals surface area contributed by atoms with E-state index in [4.69, 9.17) is 5.11 Å². The van der Waals surface area contributed by atoms with Crippen LogP contribution in [-0.2, 0) is 4.79 Å². The average molecular weight is 359 g/mol. The van der Waals surface area contributed by atoms with Gasteiger partial charge < -0.3 is 15.7 Å². The molecule has 3 N–H and O–H groups in total. The summed E-state index contributed by atoms with van der Waals surface area (Å²) in [5, 5.41) is 14.1. The third kappa shape index (κ3) is 4.42. The fourth-order valence-electron chi connectivity index (χ4n) is 2.13. The van der Waals surface area contributed by atoms with E-state index in [0.29, 0.717) is 15.7 Å². The molecule has 114 valence electrons. The van der Waals surface area contributed by atoms with E-state index in [1.54, 1.807) is 13.0 Å². The lowest BCUT2D eigenvalue weighted by Crippen LogP contribution is -2.40. The molecule has 5 nitrogen and oxygen atoms in total. The van der Waals surface area contributed by atoms with Crippen molar-refractivity contribution in [3.63, 3.8) is 0 Å². The summed E-state index contributed by atoms with van der Waals surface area (Å²) < 4.78 is 13.8. The fraction of sp³-hybridized carbons (Fsp3) is 0.429. The van der Waals surface area contributed by atoms with E-state index in [1.165, 1.54) is 6.07 Å². The summed E-state index contributed by atoms with van der Waals surface area (Å²) in [5.74, 6) is -1.20. The lowest BCUT2D eigenvalue weighted by molar-refractivity contribution is -0.137. The van der Waals surface area contributed by atoms with Crippen LogP contribution in [-0.4, -0.2) is 23.1 Å². The first-order valence-electron chi connectivity index (χ1n) is 6.61. The van der Waals surface area contributed by atoms with Gasteiger partial charge in [0.2, 0.25) is 0 Å². The van der Waals surface area contributed by atoms with Crippen LogP contribution >= 0.6 is 15.9 Å². The van der Waals surface area contributed by atoms with Gasteiger partial charge in [-0.3, -0.25) is 4.79 Å². The van der Waals surface area contributed by atoms with E-state index < -0.39 is 17.8 Å². The van der Waals surface area contributed by atoms with Gasteiger partial charge in [0.1, 0.15) is 5.82 Å². The van der Waals surface area contributed by atoms with Crippen molar-refractivity contribution in [1.29, 1.82) is 0 Å². The second-order valence-electron chi connectivity index (χ2n) is 5.22. The summed E-state index contributed by atoms with van der Waals surface area (Å²) in [6.45, 7) is 1.75. The second-order valence-corrected chi connectivity index (χ2v) is 6.08. The number of hydrogen-bond acceptors (Lipinski definition) is 2. The van der Waals surface area contributed by atoms with Crippen LogP contribution in [0, 0.1) is 18.7 Å². The van der Waals surface area contributed by atoms with E-state index in [-0.39, 0.29) is 18.4 Å². The molecule has 0 saturated heterocycles. The van der Waals surface area contributed by atoms with Crippen LogP contribution in [0.25, 0.3) is 0 Å². The molecule has 1 aliphatic carbocycles. The summed E-state index contributed by atoms with van der Waals surface area (Å²) in [6, 6.07) is 1.89. The van der Waals surface area contributed by atoms with Gasteiger partial charge in [-0.15, -0.1) is 0 Å². The monoisotopic (exact) mass is 358 g/mol. The highest BCUT2D eigenvalue weighted by Crippen LogP contribution is 2.34. The van der Waals surface area contributed by atoms with Crippen LogP contribution in [0.2, 0.25) is 0 Å². The second kappa shape index (κ2) is 6.43. The van der Waals surface area contributed by atoms with E-state index in [0.717, 1.165) is 12.8 Å². The van der Waals surface area contributed by atoms with Gasteiger partial charge in [0, 0.05) is 11.7 Å². The highest BCUT2D eigenvalue weighted by atomic mass is 79.9. The molecule has 0 aromatic heterocycles. The van der Waals surface area contributed by atoms with Crippen molar-refractivity contribution in [2.45, 2.75) is 32.2 Å². The van der Waals surface area contributed by atoms with Gasteiger partial charge in [0.05, 0.1) is 10.9 Å². The minimum absolute atomic E-state index is 0.105. The lowest BCUT2D eigenvalue weighted by atomic mass is 10.1. The largest absolute Gasteiger partial charge is 0.481 e. The highest BCUT2D eigenvalue weighted by Gasteiger charge is 2.33. The molecule has 1 saturated carbocycles. The van der Waals surface area contributed by atoms with Crippen LogP contribution < -0.4 is 10.6 Å². The quantitative estimate of drug-likeness (QED) is 0.755. The number of amides is 2. The Morgan fingerprint density at radius 2 is 2.14 bits per heavy atom. The normalized spacial score (nSPS) is 15.4. The average Bonchev–Trinajstić information content (AvgIpc) is 3.18. The Kier molecular flexibility index (Phi) is 4.82. The minimum Gasteiger partial charge on any atom is -0.481 e. The molecule has 2 amide bonds. The minimum atomic E-state index is -0.946. The van der Waals surface area contributed by atoms with Gasteiger partial charge >= 0.3 is 12.0 Å². The summed E-state index contributed by atoms with van der Waals surface area (Å²) in [7, 11) is 0. The number of carboxylic acids is 1. The maximum Gasteiger partial charge on any atom is 0.319 e. The molecule has 1 atom stereocenters. The SMILES string of the molecule is Cc1cc(Br)c(F)cc1NC(=O)NC(CC(=O)O)C1CC1. The molecule has 2 rings (SSSR count). The van der Waals surface area contributed by atoms with Gasteiger partial charge in [0.25, 0.3) is 0 Å². The zero-order valence-corrected chi connectivity index (χ0v) is 13.0. The molecule has 0 bridgehead atoms. The standard InChI is InChI=1S/C14H16BrFN2O3/c1-7-4-9(15)10(16)5-11(7)17-14(21)18-12(6-13(19)20)8-2-3-8/h4-5,8,12H,2-3,6H2,1H3,(H,19,20)(H2,17,18,21). The van der Waals surface area contributed by atoms with Crippen LogP contribution in [0.4, 0.5) is 14.9 Å². The molecule has 1 aromatic rings. The van der Waals surface area contributed by atoms with Crippen molar-refractivity contribution < 1.29 is 19.1 Å². The van der Waals surface area contributed by atoms with Gasteiger partial charge in [-0.2, -0.15) is 0 Å². The number of aliphatic carboxylic acids is 1. The van der Waals surface area contributed by atoms with Crippen LogP contribution in [0.1, 0.15) is 24.8 Å². The zero-order valence-electron chi connectivity index (χ0n) is 11.5. The van der Waals surface area contributed by atoms with Crippen LogP contribution in [0.5, 0.6) is 0 Å². The number of urea groups is 1. The molecule has 0 heterocycles. The number of hydrogen-bond donors (Lipinski definition) is 3. The number of rotatable bonds is 5. The Bertz CT molecular complexity index is 576. The molecule has 1 aromatic carbocycles. The number of benzene rings is 1. The first-order chi connectivity index (χ1) is 9.86. The number of aryl methyl sites for hydroxylation is 1. The van der Waals surface area contributed by atoms with Crippen molar-refractivity contribution in [2.75, 3.05) is 5.32 Å². The summed E-state index contributed by atoms with van der Waals surface area (Å²) >= 11 is 3.07. The van der Waals surface area contributed by atoms with Crippen molar-refractivity contribution in [2.24, 2.45) is 5.92 Å². The molecule has 1 fully saturated rings. The molecule has 0 spiro atoms.